The van der Waals surface area contributed by atoms with Crippen LogP contribution in [-0.2, 0) is 10.0 Å². The Labute approximate surface area is 127 Å². The molecule has 0 aromatic heterocycles. The molecule has 118 valence electrons. The second-order valence-electron chi connectivity index (χ2n) is 5.16. The SMILES string of the molecule is Cc1cccc(Cl)c1S(=O)(=O)NCC1CCNCC1(F)F. The summed E-state index contributed by atoms with van der Waals surface area (Å²) in [6, 6.07) is 4.71. The highest BCUT2D eigenvalue weighted by molar-refractivity contribution is 7.89. The molecule has 1 saturated heterocycles. The monoisotopic (exact) mass is 338 g/mol. The molecule has 2 N–H and O–H groups in total. The first kappa shape index (κ1) is 16.6. The van der Waals surface area contributed by atoms with Crippen LogP contribution in [0.4, 0.5) is 8.78 Å². The number of nitrogens with one attached hydrogen (secondary N) is 2. The van der Waals surface area contributed by atoms with Crippen LogP contribution in [0.3, 0.4) is 0 Å². The summed E-state index contributed by atoms with van der Waals surface area (Å²) in [5.41, 5.74) is 0.479. The van der Waals surface area contributed by atoms with Gasteiger partial charge in [-0.15, -0.1) is 0 Å². The summed E-state index contributed by atoms with van der Waals surface area (Å²) in [7, 11) is -3.91. The van der Waals surface area contributed by atoms with E-state index in [0.717, 1.165) is 0 Å². The number of benzene rings is 1. The van der Waals surface area contributed by atoms with Crippen molar-refractivity contribution in [2.75, 3.05) is 19.6 Å². The lowest BCUT2D eigenvalue weighted by molar-refractivity contribution is -0.0703. The summed E-state index contributed by atoms with van der Waals surface area (Å²) in [6.45, 7) is 1.33. The second-order valence-corrected chi connectivity index (χ2v) is 7.27. The molecule has 0 spiro atoms. The van der Waals surface area contributed by atoms with E-state index in [1.54, 1.807) is 19.1 Å². The third-order valence-electron chi connectivity index (χ3n) is 3.58. The van der Waals surface area contributed by atoms with Gasteiger partial charge in [0.05, 0.1) is 11.6 Å². The lowest BCUT2D eigenvalue weighted by Gasteiger charge is -2.31. The molecule has 0 aliphatic carbocycles. The van der Waals surface area contributed by atoms with Crippen molar-refractivity contribution in [3.63, 3.8) is 0 Å². The Kier molecular flexibility index (Phi) is 4.87. The second kappa shape index (κ2) is 6.16. The van der Waals surface area contributed by atoms with E-state index in [1.807, 2.05) is 0 Å². The third-order valence-corrected chi connectivity index (χ3v) is 5.63. The maximum atomic E-state index is 13.7. The molecule has 4 nitrogen and oxygen atoms in total. The van der Waals surface area contributed by atoms with Crippen molar-refractivity contribution in [3.05, 3.63) is 28.8 Å². The van der Waals surface area contributed by atoms with E-state index in [-0.39, 0.29) is 22.9 Å². The van der Waals surface area contributed by atoms with Gasteiger partial charge in [-0.3, -0.25) is 0 Å². The zero-order chi connectivity index (χ0) is 15.7. The van der Waals surface area contributed by atoms with E-state index in [0.29, 0.717) is 12.1 Å². The first-order chi connectivity index (χ1) is 9.74. The minimum Gasteiger partial charge on any atom is -0.311 e. The molecule has 1 unspecified atom stereocenters. The molecule has 0 radical (unpaired) electrons. The van der Waals surface area contributed by atoms with Gasteiger partial charge in [0.25, 0.3) is 5.92 Å². The number of aryl methyl sites for hydroxylation is 1. The van der Waals surface area contributed by atoms with Crippen LogP contribution in [0, 0.1) is 12.8 Å². The van der Waals surface area contributed by atoms with Crippen LogP contribution in [0.25, 0.3) is 0 Å². The van der Waals surface area contributed by atoms with Crippen LogP contribution < -0.4 is 10.0 Å². The van der Waals surface area contributed by atoms with Crippen molar-refractivity contribution in [2.24, 2.45) is 5.92 Å². The molecule has 0 amide bonds. The minimum atomic E-state index is -3.91. The molecule has 2 rings (SSSR count). The maximum Gasteiger partial charge on any atom is 0.264 e. The van der Waals surface area contributed by atoms with E-state index < -0.39 is 28.4 Å². The number of hydrogen-bond donors (Lipinski definition) is 2. The van der Waals surface area contributed by atoms with Gasteiger partial charge >= 0.3 is 0 Å². The van der Waals surface area contributed by atoms with Crippen molar-refractivity contribution >= 4 is 21.6 Å². The molecule has 21 heavy (non-hydrogen) atoms. The number of alkyl halides is 2. The van der Waals surface area contributed by atoms with E-state index in [4.69, 9.17) is 11.6 Å². The summed E-state index contributed by atoms with van der Waals surface area (Å²) >= 11 is 5.91. The Balaban J connectivity index is 2.15. The predicted octanol–water partition coefficient (Wildman–Crippen LogP) is 2.17. The molecule has 1 atom stereocenters. The summed E-state index contributed by atoms with van der Waals surface area (Å²) in [5, 5.41) is 2.69. The first-order valence-corrected chi connectivity index (χ1v) is 8.43. The molecule has 1 aliphatic rings. The molecule has 1 aromatic carbocycles. The fourth-order valence-electron chi connectivity index (χ4n) is 2.38. The molecule has 0 bridgehead atoms. The van der Waals surface area contributed by atoms with Gasteiger partial charge in [0, 0.05) is 12.5 Å². The minimum absolute atomic E-state index is 0.0519. The Hall–Kier alpha value is -0.760. The fraction of sp³-hybridized carbons (Fsp3) is 0.538. The van der Waals surface area contributed by atoms with Crippen molar-refractivity contribution in [1.29, 1.82) is 0 Å². The smallest absolute Gasteiger partial charge is 0.264 e. The van der Waals surface area contributed by atoms with Crippen molar-refractivity contribution in [3.8, 4) is 0 Å². The average Bonchev–Trinajstić information content (AvgIpc) is 2.36. The summed E-state index contributed by atoms with van der Waals surface area (Å²) in [6.07, 6.45) is 0.219. The molecule has 1 aliphatic heterocycles. The molecular formula is C13H17ClF2N2O2S. The van der Waals surface area contributed by atoms with Gasteiger partial charge in [-0.05, 0) is 31.5 Å². The molecule has 8 heteroatoms. The molecule has 1 aromatic rings. The van der Waals surface area contributed by atoms with E-state index in [9.17, 15) is 17.2 Å². The summed E-state index contributed by atoms with van der Waals surface area (Å²) in [4.78, 5) is -0.0519. The predicted molar refractivity (Wildman–Crippen MR) is 77.3 cm³/mol. The zero-order valence-electron chi connectivity index (χ0n) is 11.5. The van der Waals surface area contributed by atoms with Crippen LogP contribution in [0.2, 0.25) is 5.02 Å². The summed E-state index contributed by atoms with van der Waals surface area (Å²) in [5.74, 6) is -3.94. The third kappa shape index (κ3) is 3.71. The zero-order valence-corrected chi connectivity index (χ0v) is 13.1. The highest BCUT2D eigenvalue weighted by Crippen LogP contribution is 2.30. The maximum absolute atomic E-state index is 13.7. The van der Waals surface area contributed by atoms with Crippen LogP contribution in [0.5, 0.6) is 0 Å². The average molecular weight is 339 g/mol. The van der Waals surface area contributed by atoms with Crippen molar-refractivity contribution in [2.45, 2.75) is 24.2 Å². The Morgan fingerprint density at radius 1 is 1.48 bits per heavy atom. The summed E-state index contributed by atoms with van der Waals surface area (Å²) < 4.78 is 54.2. The Morgan fingerprint density at radius 2 is 2.19 bits per heavy atom. The van der Waals surface area contributed by atoms with Crippen LogP contribution >= 0.6 is 11.6 Å². The number of piperidine rings is 1. The Morgan fingerprint density at radius 3 is 2.81 bits per heavy atom. The fourth-order valence-corrected chi connectivity index (χ4v) is 4.29. The van der Waals surface area contributed by atoms with Crippen LogP contribution in [0.15, 0.2) is 23.1 Å². The van der Waals surface area contributed by atoms with Crippen LogP contribution in [0.1, 0.15) is 12.0 Å². The molecule has 0 saturated carbocycles. The Bertz CT molecular complexity index is 602. The van der Waals surface area contributed by atoms with Crippen molar-refractivity contribution in [1.82, 2.24) is 10.0 Å². The van der Waals surface area contributed by atoms with Gasteiger partial charge in [0.15, 0.2) is 0 Å². The van der Waals surface area contributed by atoms with Crippen LogP contribution in [-0.4, -0.2) is 34.0 Å². The lowest BCUT2D eigenvalue weighted by atomic mass is 9.94. The standard InChI is InChI=1S/C13H17ClF2N2O2S/c1-9-3-2-4-11(14)12(9)21(19,20)18-7-10-5-6-17-8-13(10,15)16/h2-4,10,17-18H,5-8H2,1H3. The van der Waals surface area contributed by atoms with Gasteiger partial charge in [0.2, 0.25) is 10.0 Å². The number of halogens is 3. The van der Waals surface area contributed by atoms with Gasteiger partial charge < -0.3 is 5.32 Å². The number of hydrogen-bond acceptors (Lipinski definition) is 3. The first-order valence-electron chi connectivity index (χ1n) is 6.57. The van der Waals surface area contributed by atoms with Gasteiger partial charge in [-0.2, -0.15) is 0 Å². The molecule has 1 fully saturated rings. The van der Waals surface area contributed by atoms with Gasteiger partial charge in [0.1, 0.15) is 4.90 Å². The van der Waals surface area contributed by atoms with E-state index in [2.05, 4.69) is 10.0 Å². The van der Waals surface area contributed by atoms with Gasteiger partial charge in [-0.1, -0.05) is 23.7 Å². The molecule has 1 heterocycles. The van der Waals surface area contributed by atoms with E-state index >= 15 is 0 Å². The topological polar surface area (TPSA) is 58.2 Å². The quantitative estimate of drug-likeness (QED) is 0.884. The van der Waals surface area contributed by atoms with E-state index in [1.165, 1.54) is 6.07 Å². The largest absolute Gasteiger partial charge is 0.311 e. The van der Waals surface area contributed by atoms with Gasteiger partial charge in [-0.25, -0.2) is 21.9 Å². The number of rotatable bonds is 4. The number of sulfonamides is 1. The molecular weight excluding hydrogens is 322 g/mol. The lowest BCUT2D eigenvalue weighted by Crippen LogP contribution is -2.50. The normalized spacial score (nSPS) is 22.2. The highest BCUT2D eigenvalue weighted by atomic mass is 35.5. The van der Waals surface area contributed by atoms with Crippen molar-refractivity contribution < 1.29 is 17.2 Å². The highest BCUT2D eigenvalue weighted by Gasteiger charge is 2.41.